The van der Waals surface area contributed by atoms with Crippen molar-refractivity contribution in [3.8, 4) is 28.9 Å². The molecule has 4 aromatic rings. The highest BCUT2D eigenvalue weighted by molar-refractivity contribution is 5.70. The predicted octanol–water partition coefficient (Wildman–Crippen LogP) is 5.59. The van der Waals surface area contributed by atoms with Gasteiger partial charge in [-0.1, -0.05) is 55.8 Å². The maximum atomic E-state index is 13.8. The molecule has 37 heavy (non-hydrogen) atoms. The quantitative estimate of drug-likeness (QED) is 0.302. The van der Waals surface area contributed by atoms with Crippen molar-refractivity contribution in [3.05, 3.63) is 99.5 Å². The highest BCUT2D eigenvalue weighted by Crippen LogP contribution is 2.24. The summed E-state index contributed by atoms with van der Waals surface area (Å²) in [6.45, 7) is 7.80. The average molecular weight is 494 g/mol. The Morgan fingerprint density at radius 3 is 2.41 bits per heavy atom. The Balaban J connectivity index is 1.71. The van der Waals surface area contributed by atoms with E-state index in [1.54, 1.807) is 12.4 Å². The first-order chi connectivity index (χ1) is 17.9. The number of hydrogen-bond donors (Lipinski definition) is 0. The van der Waals surface area contributed by atoms with E-state index in [2.05, 4.69) is 23.0 Å². The highest BCUT2D eigenvalue weighted by Gasteiger charge is 2.18. The summed E-state index contributed by atoms with van der Waals surface area (Å²) < 4.78 is 7.12. The van der Waals surface area contributed by atoms with Crippen molar-refractivity contribution < 1.29 is 4.74 Å². The zero-order valence-corrected chi connectivity index (χ0v) is 21.7. The topological polar surface area (TPSA) is 93.7 Å². The standard InChI is InChI=1S/C30H31N5O2/c1-5-6-11-28-27(16-22-12-14-23(15-13-22)26-10-8-7-9-24(26)17-31)29(36)35(21(4)34-28)30-32-18-25(19-33-30)37-20(2)3/h7-10,12-15,18-20H,5-6,11,16H2,1-4H3. The summed E-state index contributed by atoms with van der Waals surface area (Å²) in [6, 6.07) is 17.8. The number of aromatic nitrogens is 4. The van der Waals surface area contributed by atoms with Gasteiger partial charge in [-0.3, -0.25) is 4.79 Å². The van der Waals surface area contributed by atoms with Gasteiger partial charge in [-0.15, -0.1) is 0 Å². The molecule has 0 unspecified atom stereocenters. The van der Waals surface area contributed by atoms with Crippen molar-refractivity contribution in [2.45, 2.75) is 59.5 Å². The monoisotopic (exact) mass is 493 g/mol. The summed E-state index contributed by atoms with van der Waals surface area (Å²) in [5.74, 6) is 1.38. The van der Waals surface area contributed by atoms with E-state index < -0.39 is 0 Å². The van der Waals surface area contributed by atoms with E-state index in [9.17, 15) is 10.1 Å². The van der Waals surface area contributed by atoms with Crippen LogP contribution in [-0.2, 0) is 12.8 Å². The van der Waals surface area contributed by atoms with Crippen LogP contribution >= 0.6 is 0 Å². The molecule has 0 aliphatic heterocycles. The molecule has 0 saturated heterocycles. The van der Waals surface area contributed by atoms with Gasteiger partial charge in [0, 0.05) is 12.0 Å². The molecule has 0 aliphatic rings. The van der Waals surface area contributed by atoms with Crippen LogP contribution in [0.25, 0.3) is 17.1 Å². The van der Waals surface area contributed by atoms with E-state index in [-0.39, 0.29) is 17.6 Å². The van der Waals surface area contributed by atoms with Crippen LogP contribution in [-0.4, -0.2) is 25.6 Å². The zero-order valence-electron chi connectivity index (χ0n) is 21.7. The van der Waals surface area contributed by atoms with Gasteiger partial charge in [-0.25, -0.2) is 19.5 Å². The van der Waals surface area contributed by atoms with Gasteiger partial charge in [0.25, 0.3) is 5.56 Å². The van der Waals surface area contributed by atoms with Crippen LogP contribution in [0.15, 0.2) is 65.7 Å². The molecule has 188 valence electrons. The minimum Gasteiger partial charge on any atom is -0.488 e. The Kier molecular flexibility index (Phi) is 8.09. The molecule has 2 aromatic carbocycles. The number of hydrogen-bond acceptors (Lipinski definition) is 6. The molecule has 0 spiro atoms. The molecule has 0 amide bonds. The fraction of sp³-hybridized carbons (Fsp3) is 0.300. The van der Waals surface area contributed by atoms with Gasteiger partial charge in [0.05, 0.1) is 35.8 Å². The Labute approximate surface area is 217 Å². The van der Waals surface area contributed by atoms with Gasteiger partial charge in [-0.05, 0) is 56.4 Å². The number of unbranched alkanes of at least 4 members (excludes halogenated alkanes) is 1. The van der Waals surface area contributed by atoms with Crippen molar-refractivity contribution >= 4 is 0 Å². The lowest BCUT2D eigenvalue weighted by atomic mass is 9.97. The normalized spacial score (nSPS) is 10.9. The summed E-state index contributed by atoms with van der Waals surface area (Å²) in [5, 5.41) is 9.45. The molecule has 2 heterocycles. The first-order valence-electron chi connectivity index (χ1n) is 12.6. The van der Waals surface area contributed by atoms with Gasteiger partial charge in [0.1, 0.15) is 5.82 Å². The number of nitriles is 1. The summed E-state index contributed by atoms with van der Waals surface area (Å²) in [4.78, 5) is 27.4. The first kappa shape index (κ1) is 25.8. The SMILES string of the molecule is CCCCc1nc(C)n(-c2ncc(OC(C)C)cn2)c(=O)c1Cc1ccc(-c2ccccc2C#N)cc1. The fourth-order valence-electron chi connectivity index (χ4n) is 4.28. The molecular formula is C30H31N5O2. The largest absolute Gasteiger partial charge is 0.488 e. The number of aryl methyl sites for hydroxylation is 2. The Hall–Kier alpha value is -4.31. The van der Waals surface area contributed by atoms with Crippen LogP contribution in [0.3, 0.4) is 0 Å². The summed E-state index contributed by atoms with van der Waals surface area (Å²) >= 11 is 0. The van der Waals surface area contributed by atoms with Crippen molar-refractivity contribution in [1.29, 1.82) is 5.26 Å². The summed E-state index contributed by atoms with van der Waals surface area (Å²) in [6.07, 6.45) is 6.30. The predicted molar refractivity (Wildman–Crippen MR) is 144 cm³/mol. The maximum Gasteiger partial charge on any atom is 0.264 e. The third kappa shape index (κ3) is 5.92. The van der Waals surface area contributed by atoms with Crippen molar-refractivity contribution in [1.82, 2.24) is 19.5 Å². The Morgan fingerprint density at radius 2 is 1.76 bits per heavy atom. The van der Waals surface area contributed by atoms with Crippen molar-refractivity contribution in [2.24, 2.45) is 0 Å². The minimum absolute atomic E-state index is 0.00444. The van der Waals surface area contributed by atoms with E-state index in [0.29, 0.717) is 29.1 Å². The molecule has 2 aromatic heterocycles. The number of rotatable bonds is 9. The highest BCUT2D eigenvalue weighted by atomic mass is 16.5. The molecular weight excluding hydrogens is 462 g/mol. The summed E-state index contributed by atoms with van der Waals surface area (Å²) in [5.41, 5.74) is 4.79. The lowest BCUT2D eigenvalue weighted by Gasteiger charge is -2.15. The van der Waals surface area contributed by atoms with E-state index in [1.807, 2.05) is 69.3 Å². The van der Waals surface area contributed by atoms with Gasteiger partial charge in [0.2, 0.25) is 5.95 Å². The summed E-state index contributed by atoms with van der Waals surface area (Å²) in [7, 11) is 0. The molecule has 0 aliphatic carbocycles. The van der Waals surface area contributed by atoms with Gasteiger partial charge in [-0.2, -0.15) is 5.26 Å². The van der Waals surface area contributed by atoms with Crippen molar-refractivity contribution in [3.63, 3.8) is 0 Å². The first-order valence-corrected chi connectivity index (χ1v) is 12.6. The molecule has 0 saturated carbocycles. The lowest BCUT2D eigenvalue weighted by molar-refractivity contribution is 0.240. The molecule has 4 rings (SSSR count). The van der Waals surface area contributed by atoms with Gasteiger partial charge >= 0.3 is 0 Å². The molecule has 0 fully saturated rings. The number of nitrogens with zero attached hydrogens (tertiary/aromatic N) is 5. The second kappa shape index (κ2) is 11.6. The van der Waals surface area contributed by atoms with Crippen LogP contribution in [0.1, 0.15) is 61.8 Å². The molecule has 7 nitrogen and oxygen atoms in total. The van der Waals surface area contributed by atoms with Crippen LogP contribution in [0.5, 0.6) is 5.75 Å². The van der Waals surface area contributed by atoms with E-state index in [4.69, 9.17) is 9.72 Å². The maximum absolute atomic E-state index is 13.8. The molecule has 0 N–H and O–H groups in total. The molecule has 7 heteroatoms. The molecule has 0 bridgehead atoms. The molecule has 0 radical (unpaired) electrons. The van der Waals surface area contributed by atoms with E-state index in [0.717, 1.165) is 41.6 Å². The van der Waals surface area contributed by atoms with E-state index in [1.165, 1.54) is 4.57 Å². The van der Waals surface area contributed by atoms with Crippen LogP contribution in [0.2, 0.25) is 0 Å². The smallest absolute Gasteiger partial charge is 0.264 e. The fourth-order valence-corrected chi connectivity index (χ4v) is 4.28. The third-order valence-corrected chi connectivity index (χ3v) is 6.08. The van der Waals surface area contributed by atoms with Crippen LogP contribution < -0.4 is 10.3 Å². The van der Waals surface area contributed by atoms with Gasteiger partial charge < -0.3 is 4.74 Å². The van der Waals surface area contributed by atoms with Crippen LogP contribution in [0.4, 0.5) is 0 Å². The third-order valence-electron chi connectivity index (χ3n) is 6.08. The minimum atomic E-state index is -0.157. The molecule has 0 atom stereocenters. The zero-order chi connectivity index (χ0) is 26.4. The van der Waals surface area contributed by atoms with Crippen LogP contribution in [0, 0.1) is 18.3 Å². The number of benzene rings is 2. The van der Waals surface area contributed by atoms with E-state index >= 15 is 0 Å². The lowest BCUT2D eigenvalue weighted by Crippen LogP contribution is -2.29. The Morgan fingerprint density at radius 1 is 1.05 bits per heavy atom. The second-order valence-electron chi connectivity index (χ2n) is 9.24. The van der Waals surface area contributed by atoms with Crippen molar-refractivity contribution in [2.75, 3.05) is 0 Å². The number of ether oxygens (including phenoxy) is 1. The van der Waals surface area contributed by atoms with Gasteiger partial charge in [0.15, 0.2) is 5.75 Å². The second-order valence-corrected chi connectivity index (χ2v) is 9.24. The average Bonchev–Trinajstić information content (AvgIpc) is 2.90. The Bertz CT molecular complexity index is 1470.